The number of rotatable bonds is 2. The molecule has 0 amide bonds. The quantitative estimate of drug-likeness (QED) is 0.647. The Kier molecular flexibility index (Phi) is 5.52. The summed E-state index contributed by atoms with van der Waals surface area (Å²) in [5.74, 6) is 2.68. The van der Waals surface area contributed by atoms with Gasteiger partial charge in [0.2, 0.25) is 0 Å². The zero-order valence-corrected chi connectivity index (χ0v) is 8.85. The third kappa shape index (κ3) is 3.12. The Hall–Kier alpha value is -0.720. The van der Waals surface area contributed by atoms with Gasteiger partial charge >= 0.3 is 0 Å². The van der Waals surface area contributed by atoms with Crippen molar-refractivity contribution in [2.75, 3.05) is 0 Å². The molecule has 0 bridgehead atoms. The Morgan fingerprint density at radius 3 is 2.25 bits per heavy atom. The van der Waals surface area contributed by atoms with Crippen molar-refractivity contribution in [3.63, 3.8) is 0 Å². The molecule has 0 radical (unpaired) electrons. The topological polar surface area (TPSA) is 13.1 Å². The second-order valence-corrected chi connectivity index (χ2v) is 2.76. The second kappa shape index (κ2) is 5.87. The summed E-state index contributed by atoms with van der Waals surface area (Å²) in [6.07, 6.45) is 1.15. The fraction of sp³-hybridized carbons (Fsp3) is 0.636. The van der Waals surface area contributed by atoms with Crippen LogP contribution in [0.5, 0.6) is 0 Å². The number of furan rings is 1. The smallest absolute Gasteiger partial charge is 0.106 e. The summed E-state index contributed by atoms with van der Waals surface area (Å²) in [5, 5.41) is 0. The highest BCUT2D eigenvalue weighted by molar-refractivity contribution is 5.08. The monoisotopic (exact) mass is 168 g/mol. The molecule has 0 saturated carbocycles. The molecule has 1 heterocycles. The zero-order chi connectivity index (χ0) is 9.56. The van der Waals surface area contributed by atoms with Crippen molar-refractivity contribution in [1.82, 2.24) is 0 Å². The van der Waals surface area contributed by atoms with E-state index >= 15 is 0 Å². The van der Waals surface area contributed by atoms with Gasteiger partial charge in [0, 0.05) is 5.92 Å². The molecule has 0 aliphatic heterocycles. The van der Waals surface area contributed by atoms with Gasteiger partial charge in [0.15, 0.2) is 0 Å². The second-order valence-electron chi connectivity index (χ2n) is 2.76. The Morgan fingerprint density at radius 1 is 1.33 bits per heavy atom. The van der Waals surface area contributed by atoms with E-state index in [0.717, 1.165) is 17.9 Å². The lowest BCUT2D eigenvalue weighted by atomic mass is 10.1. The van der Waals surface area contributed by atoms with Gasteiger partial charge in [-0.2, -0.15) is 0 Å². The zero-order valence-electron chi connectivity index (χ0n) is 8.85. The van der Waals surface area contributed by atoms with Crippen molar-refractivity contribution in [1.29, 1.82) is 0 Å². The Labute approximate surface area is 75.8 Å². The summed E-state index contributed by atoms with van der Waals surface area (Å²) in [7, 11) is 0. The van der Waals surface area contributed by atoms with Crippen LogP contribution in [0.4, 0.5) is 0 Å². The van der Waals surface area contributed by atoms with Gasteiger partial charge in [-0.15, -0.1) is 0 Å². The average molecular weight is 168 g/mol. The minimum absolute atomic E-state index is 0.564. The number of hydrogen-bond acceptors (Lipinski definition) is 1. The van der Waals surface area contributed by atoms with Crippen LogP contribution < -0.4 is 0 Å². The van der Waals surface area contributed by atoms with Gasteiger partial charge in [-0.05, 0) is 25.5 Å². The molecule has 1 rings (SSSR count). The van der Waals surface area contributed by atoms with E-state index in [2.05, 4.69) is 19.9 Å². The maximum Gasteiger partial charge on any atom is 0.106 e. The van der Waals surface area contributed by atoms with Crippen molar-refractivity contribution in [3.05, 3.63) is 23.7 Å². The molecule has 1 atom stereocenters. The molecule has 0 N–H and O–H groups in total. The summed E-state index contributed by atoms with van der Waals surface area (Å²) >= 11 is 0. The largest absolute Gasteiger partial charge is 0.466 e. The van der Waals surface area contributed by atoms with E-state index in [-0.39, 0.29) is 0 Å². The molecule has 0 aliphatic carbocycles. The highest BCUT2D eigenvalue weighted by Gasteiger charge is 2.05. The predicted molar refractivity (Wildman–Crippen MR) is 53.5 cm³/mol. The minimum Gasteiger partial charge on any atom is -0.466 e. The Balaban J connectivity index is 0.000000561. The lowest BCUT2D eigenvalue weighted by Crippen LogP contribution is -1.86. The molecule has 1 aromatic heterocycles. The van der Waals surface area contributed by atoms with Crippen LogP contribution in [-0.2, 0) is 0 Å². The molecule has 0 aromatic carbocycles. The van der Waals surface area contributed by atoms with Gasteiger partial charge in [-0.3, -0.25) is 0 Å². The highest BCUT2D eigenvalue weighted by Crippen LogP contribution is 2.20. The first-order valence-corrected chi connectivity index (χ1v) is 4.80. The standard InChI is InChI=1S/C9H14O.C2H6/c1-4-7(2)9-6-5-8(3)10-9;1-2/h5-7H,4H2,1-3H3;1-2H3. The summed E-state index contributed by atoms with van der Waals surface area (Å²) < 4.78 is 5.44. The molecule has 1 unspecified atom stereocenters. The van der Waals surface area contributed by atoms with Crippen LogP contribution in [0.3, 0.4) is 0 Å². The molecule has 1 nitrogen and oxygen atoms in total. The first-order chi connectivity index (χ1) is 5.74. The van der Waals surface area contributed by atoms with Gasteiger partial charge in [0.05, 0.1) is 0 Å². The van der Waals surface area contributed by atoms with Crippen molar-refractivity contribution < 1.29 is 4.42 Å². The van der Waals surface area contributed by atoms with Crippen molar-refractivity contribution in [3.8, 4) is 0 Å². The summed E-state index contributed by atoms with van der Waals surface area (Å²) in [4.78, 5) is 0. The molecule has 1 aromatic rings. The van der Waals surface area contributed by atoms with Crippen molar-refractivity contribution in [2.45, 2.75) is 47.0 Å². The van der Waals surface area contributed by atoms with Gasteiger partial charge in [0.25, 0.3) is 0 Å². The molecule has 0 fully saturated rings. The number of hydrogen-bond donors (Lipinski definition) is 0. The van der Waals surface area contributed by atoms with E-state index < -0.39 is 0 Å². The maximum absolute atomic E-state index is 5.44. The maximum atomic E-state index is 5.44. The molecular formula is C11H20O. The van der Waals surface area contributed by atoms with Crippen molar-refractivity contribution in [2.24, 2.45) is 0 Å². The average Bonchev–Trinajstić information content (AvgIpc) is 2.54. The molecule has 70 valence electrons. The van der Waals surface area contributed by atoms with E-state index in [1.165, 1.54) is 0 Å². The molecule has 0 saturated heterocycles. The Bertz CT molecular complexity index is 201. The van der Waals surface area contributed by atoms with Crippen LogP contribution in [0.1, 0.15) is 51.6 Å². The molecule has 0 aliphatic rings. The summed E-state index contributed by atoms with van der Waals surface area (Å²) in [6.45, 7) is 10.3. The SMILES string of the molecule is CC.CCC(C)c1ccc(C)o1. The molecule has 12 heavy (non-hydrogen) atoms. The molecule has 1 heteroatoms. The van der Waals surface area contributed by atoms with Crippen LogP contribution in [0, 0.1) is 6.92 Å². The predicted octanol–water partition coefficient (Wildman–Crippen LogP) is 4.13. The first kappa shape index (κ1) is 11.3. The normalized spacial score (nSPS) is 11.8. The summed E-state index contributed by atoms with van der Waals surface area (Å²) in [5.41, 5.74) is 0. The highest BCUT2D eigenvalue weighted by atomic mass is 16.3. The lowest BCUT2D eigenvalue weighted by molar-refractivity contribution is 0.449. The minimum atomic E-state index is 0.564. The third-order valence-corrected chi connectivity index (χ3v) is 1.86. The van der Waals surface area contributed by atoms with Gasteiger partial charge in [0.1, 0.15) is 11.5 Å². The van der Waals surface area contributed by atoms with E-state index in [0.29, 0.717) is 5.92 Å². The Morgan fingerprint density at radius 2 is 1.92 bits per heavy atom. The van der Waals surface area contributed by atoms with Crippen LogP contribution >= 0.6 is 0 Å². The van der Waals surface area contributed by atoms with E-state index in [1.54, 1.807) is 0 Å². The van der Waals surface area contributed by atoms with E-state index in [1.807, 2.05) is 26.8 Å². The van der Waals surface area contributed by atoms with Crippen LogP contribution in [-0.4, -0.2) is 0 Å². The fourth-order valence-electron chi connectivity index (χ4n) is 0.919. The third-order valence-electron chi connectivity index (χ3n) is 1.86. The van der Waals surface area contributed by atoms with Crippen LogP contribution in [0.2, 0.25) is 0 Å². The van der Waals surface area contributed by atoms with Crippen molar-refractivity contribution >= 4 is 0 Å². The lowest BCUT2D eigenvalue weighted by Gasteiger charge is -2.01. The fourth-order valence-corrected chi connectivity index (χ4v) is 0.919. The molecule has 0 spiro atoms. The first-order valence-electron chi connectivity index (χ1n) is 4.80. The van der Waals surface area contributed by atoms with Gasteiger partial charge in [-0.1, -0.05) is 27.7 Å². The van der Waals surface area contributed by atoms with Gasteiger partial charge in [-0.25, -0.2) is 0 Å². The van der Waals surface area contributed by atoms with E-state index in [4.69, 9.17) is 4.42 Å². The summed E-state index contributed by atoms with van der Waals surface area (Å²) in [6, 6.07) is 4.07. The van der Waals surface area contributed by atoms with Crippen LogP contribution in [0.25, 0.3) is 0 Å². The van der Waals surface area contributed by atoms with E-state index in [9.17, 15) is 0 Å². The van der Waals surface area contributed by atoms with Crippen LogP contribution in [0.15, 0.2) is 16.5 Å². The number of aryl methyl sites for hydroxylation is 1. The molecular weight excluding hydrogens is 148 g/mol. The van der Waals surface area contributed by atoms with Gasteiger partial charge < -0.3 is 4.42 Å².